The van der Waals surface area contributed by atoms with Crippen molar-refractivity contribution in [3.8, 4) is 0 Å². The van der Waals surface area contributed by atoms with E-state index in [-0.39, 0.29) is 17.5 Å². The van der Waals surface area contributed by atoms with Crippen LogP contribution in [0.3, 0.4) is 0 Å². The van der Waals surface area contributed by atoms with Crippen molar-refractivity contribution in [1.82, 2.24) is 0 Å². The fraction of sp³-hybridized carbons (Fsp3) is 0.571. The lowest BCUT2D eigenvalue weighted by Gasteiger charge is -2.34. The second-order valence-corrected chi connectivity index (χ2v) is 4.54. The predicted octanol–water partition coefficient (Wildman–Crippen LogP) is 2.90. The average molecular weight is 239 g/mol. The maximum absolute atomic E-state index is 13.1. The molecule has 2 unspecified atom stereocenters. The molecule has 2 N–H and O–H groups in total. The van der Waals surface area contributed by atoms with E-state index in [9.17, 15) is 4.39 Å². The average Bonchev–Trinajstić information content (AvgIpc) is 2.29. The summed E-state index contributed by atoms with van der Waals surface area (Å²) >= 11 is 0. The normalized spacial score (nSPS) is 16.5. The zero-order valence-electron chi connectivity index (χ0n) is 10.9. The van der Waals surface area contributed by atoms with Gasteiger partial charge in [-0.2, -0.15) is 0 Å². The molecule has 0 spiro atoms. The highest BCUT2D eigenvalue weighted by atomic mass is 19.1. The van der Waals surface area contributed by atoms with Gasteiger partial charge < -0.3 is 10.5 Å². The predicted molar refractivity (Wildman–Crippen MR) is 68.4 cm³/mol. The van der Waals surface area contributed by atoms with Crippen molar-refractivity contribution in [2.24, 2.45) is 5.73 Å². The van der Waals surface area contributed by atoms with E-state index in [0.29, 0.717) is 13.0 Å². The Morgan fingerprint density at radius 2 is 2.12 bits per heavy atom. The number of hydrogen-bond acceptors (Lipinski definition) is 2. The number of benzene rings is 1. The number of ether oxygens (including phenoxy) is 1. The molecule has 0 aliphatic rings. The summed E-state index contributed by atoms with van der Waals surface area (Å²) in [5, 5.41) is 0. The summed E-state index contributed by atoms with van der Waals surface area (Å²) < 4.78 is 18.8. The van der Waals surface area contributed by atoms with Gasteiger partial charge in [-0.15, -0.1) is 0 Å². The van der Waals surface area contributed by atoms with Gasteiger partial charge in [-0.3, -0.25) is 0 Å². The number of halogens is 1. The third kappa shape index (κ3) is 3.79. The number of rotatable bonds is 6. The van der Waals surface area contributed by atoms with Gasteiger partial charge in [0, 0.05) is 12.6 Å². The van der Waals surface area contributed by atoms with Crippen molar-refractivity contribution in [1.29, 1.82) is 0 Å². The van der Waals surface area contributed by atoms with E-state index in [2.05, 4.69) is 6.92 Å². The lowest BCUT2D eigenvalue weighted by molar-refractivity contribution is -0.0461. The van der Waals surface area contributed by atoms with E-state index >= 15 is 0 Å². The molecule has 0 fully saturated rings. The van der Waals surface area contributed by atoms with E-state index in [1.54, 1.807) is 6.07 Å². The van der Waals surface area contributed by atoms with Crippen LogP contribution in [0.4, 0.5) is 4.39 Å². The van der Waals surface area contributed by atoms with Crippen LogP contribution in [0, 0.1) is 5.82 Å². The van der Waals surface area contributed by atoms with E-state index in [4.69, 9.17) is 10.5 Å². The Balaban J connectivity index is 2.73. The van der Waals surface area contributed by atoms with E-state index < -0.39 is 0 Å². The first-order valence-corrected chi connectivity index (χ1v) is 6.15. The van der Waals surface area contributed by atoms with Crippen LogP contribution in [0.15, 0.2) is 24.3 Å². The minimum atomic E-state index is -0.346. The Labute approximate surface area is 103 Å². The molecule has 0 radical (unpaired) electrons. The number of nitrogens with two attached hydrogens (primary N) is 1. The molecular weight excluding hydrogens is 217 g/mol. The highest BCUT2D eigenvalue weighted by Crippen LogP contribution is 2.21. The molecule has 2 nitrogen and oxygen atoms in total. The minimum Gasteiger partial charge on any atom is -0.374 e. The molecule has 1 aromatic rings. The zero-order chi connectivity index (χ0) is 12.9. The molecule has 0 saturated heterocycles. The Morgan fingerprint density at radius 3 is 2.65 bits per heavy atom. The van der Waals surface area contributed by atoms with Crippen LogP contribution in [0.5, 0.6) is 0 Å². The first-order valence-electron chi connectivity index (χ1n) is 6.15. The highest BCUT2D eigenvalue weighted by molar-refractivity contribution is 5.18. The molecule has 0 aliphatic heterocycles. The van der Waals surface area contributed by atoms with Gasteiger partial charge in [0.15, 0.2) is 0 Å². The molecule has 96 valence electrons. The lowest BCUT2D eigenvalue weighted by atomic mass is 9.89. The second kappa shape index (κ2) is 6.12. The van der Waals surface area contributed by atoms with Crippen molar-refractivity contribution >= 4 is 0 Å². The maximum atomic E-state index is 13.1. The Kier molecular flexibility index (Phi) is 5.09. The molecule has 1 aromatic carbocycles. The van der Waals surface area contributed by atoms with Gasteiger partial charge in [0.2, 0.25) is 0 Å². The molecular formula is C14H22FNO. The quantitative estimate of drug-likeness (QED) is 0.828. The molecule has 1 rings (SSSR count). The highest BCUT2D eigenvalue weighted by Gasteiger charge is 2.30. The molecule has 0 saturated carbocycles. The van der Waals surface area contributed by atoms with Crippen LogP contribution in [0.2, 0.25) is 0 Å². The first-order chi connectivity index (χ1) is 8.01. The fourth-order valence-electron chi connectivity index (χ4n) is 1.93. The van der Waals surface area contributed by atoms with Crippen molar-refractivity contribution in [2.45, 2.75) is 45.3 Å². The van der Waals surface area contributed by atoms with Gasteiger partial charge in [-0.1, -0.05) is 19.1 Å². The van der Waals surface area contributed by atoms with Crippen molar-refractivity contribution in [3.05, 3.63) is 35.6 Å². The minimum absolute atomic E-state index is 0.130. The molecule has 2 atom stereocenters. The van der Waals surface area contributed by atoms with Crippen LogP contribution in [0.1, 0.15) is 32.8 Å². The van der Waals surface area contributed by atoms with Gasteiger partial charge in [0.05, 0.1) is 5.60 Å². The zero-order valence-corrected chi connectivity index (χ0v) is 10.9. The summed E-state index contributed by atoms with van der Waals surface area (Å²) in [6.45, 7) is 6.67. The van der Waals surface area contributed by atoms with Crippen molar-refractivity contribution < 1.29 is 9.13 Å². The van der Waals surface area contributed by atoms with E-state index in [1.165, 1.54) is 12.1 Å². The SMILES string of the molecule is CCOC(C)(CC)C(N)Cc1cccc(F)c1. The summed E-state index contributed by atoms with van der Waals surface area (Å²) in [5.74, 6) is -0.218. The van der Waals surface area contributed by atoms with Gasteiger partial charge in [0.1, 0.15) is 5.82 Å². The van der Waals surface area contributed by atoms with Crippen LogP contribution in [0.25, 0.3) is 0 Å². The summed E-state index contributed by atoms with van der Waals surface area (Å²) in [4.78, 5) is 0. The third-order valence-electron chi connectivity index (χ3n) is 3.31. The Morgan fingerprint density at radius 1 is 1.41 bits per heavy atom. The monoisotopic (exact) mass is 239 g/mol. The smallest absolute Gasteiger partial charge is 0.123 e. The van der Waals surface area contributed by atoms with Gasteiger partial charge in [0.25, 0.3) is 0 Å². The topological polar surface area (TPSA) is 35.2 Å². The van der Waals surface area contributed by atoms with Gasteiger partial charge >= 0.3 is 0 Å². The molecule has 0 amide bonds. The van der Waals surface area contributed by atoms with E-state index in [0.717, 1.165) is 12.0 Å². The van der Waals surface area contributed by atoms with Crippen LogP contribution in [-0.4, -0.2) is 18.2 Å². The summed E-state index contributed by atoms with van der Waals surface area (Å²) in [5.41, 5.74) is 6.75. The van der Waals surface area contributed by atoms with Gasteiger partial charge in [-0.25, -0.2) is 4.39 Å². The fourth-order valence-corrected chi connectivity index (χ4v) is 1.93. The van der Waals surface area contributed by atoms with Crippen LogP contribution in [-0.2, 0) is 11.2 Å². The van der Waals surface area contributed by atoms with Crippen molar-refractivity contribution in [2.75, 3.05) is 6.61 Å². The van der Waals surface area contributed by atoms with Crippen molar-refractivity contribution in [3.63, 3.8) is 0 Å². The standard InChI is InChI=1S/C14H22FNO/c1-4-14(3,17-5-2)13(16)10-11-7-6-8-12(15)9-11/h6-9,13H,4-5,10,16H2,1-3H3. The summed E-state index contributed by atoms with van der Waals surface area (Å²) in [6, 6.07) is 6.44. The molecule has 0 aromatic heterocycles. The molecule has 17 heavy (non-hydrogen) atoms. The Hall–Kier alpha value is -0.930. The summed E-state index contributed by atoms with van der Waals surface area (Å²) in [6.07, 6.45) is 1.47. The van der Waals surface area contributed by atoms with Crippen LogP contribution < -0.4 is 5.73 Å². The van der Waals surface area contributed by atoms with E-state index in [1.807, 2.05) is 19.9 Å². The third-order valence-corrected chi connectivity index (χ3v) is 3.31. The largest absolute Gasteiger partial charge is 0.374 e. The Bertz CT molecular complexity index is 356. The summed E-state index contributed by atoms with van der Waals surface area (Å²) in [7, 11) is 0. The maximum Gasteiger partial charge on any atom is 0.123 e. The molecule has 0 bridgehead atoms. The lowest BCUT2D eigenvalue weighted by Crippen LogP contribution is -2.48. The van der Waals surface area contributed by atoms with Crippen LogP contribution >= 0.6 is 0 Å². The molecule has 0 heterocycles. The first kappa shape index (κ1) is 14.1. The molecule has 3 heteroatoms. The molecule has 0 aliphatic carbocycles. The number of hydrogen-bond donors (Lipinski definition) is 1. The van der Waals surface area contributed by atoms with Gasteiger partial charge in [-0.05, 0) is 44.4 Å². The second-order valence-electron chi connectivity index (χ2n) is 4.54.